The van der Waals surface area contributed by atoms with Gasteiger partial charge in [-0.1, -0.05) is 0 Å². The van der Waals surface area contributed by atoms with E-state index in [1.807, 2.05) is 0 Å². The molecule has 0 atom stereocenters. The number of carbonyl (C=O) groups is 1. The fraction of sp³-hybridized carbons (Fsp3) is 0.182. The minimum atomic E-state index is -0.466. The minimum Gasteiger partial charge on any atom is -0.507 e. The maximum absolute atomic E-state index is 11.9. The SMILES string of the molecule is COc1ccc(C(=O)Nc2ncnn2C)c(O)c1. The van der Waals surface area contributed by atoms with E-state index in [0.29, 0.717) is 11.7 Å². The highest BCUT2D eigenvalue weighted by Gasteiger charge is 2.14. The van der Waals surface area contributed by atoms with Crippen LogP contribution in [0.15, 0.2) is 24.5 Å². The van der Waals surface area contributed by atoms with Gasteiger partial charge in [-0.25, -0.2) is 4.68 Å². The highest BCUT2D eigenvalue weighted by molar-refractivity contribution is 6.05. The van der Waals surface area contributed by atoms with Crippen LogP contribution in [0.1, 0.15) is 10.4 Å². The Morgan fingerprint density at radius 2 is 2.28 bits per heavy atom. The maximum atomic E-state index is 11.9. The van der Waals surface area contributed by atoms with E-state index in [1.165, 1.54) is 30.3 Å². The van der Waals surface area contributed by atoms with E-state index in [9.17, 15) is 9.90 Å². The van der Waals surface area contributed by atoms with Crippen molar-refractivity contribution in [3.05, 3.63) is 30.1 Å². The summed E-state index contributed by atoms with van der Waals surface area (Å²) in [6.45, 7) is 0. The van der Waals surface area contributed by atoms with Crippen molar-refractivity contribution < 1.29 is 14.6 Å². The summed E-state index contributed by atoms with van der Waals surface area (Å²) in [5.74, 6) is 0.151. The fourth-order valence-electron chi connectivity index (χ4n) is 1.41. The Morgan fingerprint density at radius 1 is 1.50 bits per heavy atom. The van der Waals surface area contributed by atoms with Gasteiger partial charge in [0.2, 0.25) is 5.95 Å². The number of amides is 1. The standard InChI is InChI=1S/C11H12N4O3/c1-15-11(12-6-13-15)14-10(17)8-4-3-7(18-2)5-9(8)16/h3-6,16H,1-2H3,(H,12,13,14,17). The molecule has 7 heteroatoms. The highest BCUT2D eigenvalue weighted by Crippen LogP contribution is 2.23. The van der Waals surface area contributed by atoms with E-state index >= 15 is 0 Å². The third-order valence-electron chi connectivity index (χ3n) is 2.39. The van der Waals surface area contributed by atoms with Crippen molar-refractivity contribution in [3.63, 3.8) is 0 Å². The molecule has 0 saturated carbocycles. The van der Waals surface area contributed by atoms with E-state index in [0.717, 1.165) is 0 Å². The lowest BCUT2D eigenvalue weighted by Crippen LogP contribution is -2.15. The second-order valence-electron chi connectivity index (χ2n) is 3.54. The second kappa shape index (κ2) is 4.74. The molecule has 18 heavy (non-hydrogen) atoms. The molecule has 0 spiro atoms. The van der Waals surface area contributed by atoms with E-state index < -0.39 is 5.91 Å². The summed E-state index contributed by atoms with van der Waals surface area (Å²) in [5.41, 5.74) is 0.138. The number of aromatic hydroxyl groups is 1. The molecule has 94 valence electrons. The van der Waals surface area contributed by atoms with Crippen LogP contribution in [-0.4, -0.2) is 32.9 Å². The average molecular weight is 248 g/mol. The largest absolute Gasteiger partial charge is 0.507 e. The van der Waals surface area contributed by atoms with Gasteiger partial charge in [0.15, 0.2) is 0 Å². The number of carbonyl (C=O) groups excluding carboxylic acids is 1. The van der Waals surface area contributed by atoms with Crippen molar-refractivity contribution in [1.29, 1.82) is 0 Å². The molecule has 1 aromatic heterocycles. The number of aryl methyl sites for hydroxylation is 1. The number of hydrogen-bond donors (Lipinski definition) is 2. The number of methoxy groups -OCH3 is 1. The molecule has 2 aromatic rings. The third kappa shape index (κ3) is 2.24. The van der Waals surface area contributed by atoms with Crippen LogP contribution in [0.3, 0.4) is 0 Å². The Bertz CT molecular complexity index is 579. The first-order chi connectivity index (χ1) is 8.61. The number of benzene rings is 1. The molecule has 1 amide bonds. The summed E-state index contributed by atoms with van der Waals surface area (Å²) in [7, 11) is 3.13. The van der Waals surface area contributed by atoms with Crippen molar-refractivity contribution in [1.82, 2.24) is 14.8 Å². The van der Waals surface area contributed by atoms with E-state index in [1.54, 1.807) is 13.1 Å². The van der Waals surface area contributed by atoms with Gasteiger partial charge >= 0.3 is 0 Å². The molecule has 0 aliphatic carbocycles. The number of phenols is 1. The zero-order valence-corrected chi connectivity index (χ0v) is 9.91. The predicted octanol–water partition coefficient (Wildman–Crippen LogP) is 0.782. The van der Waals surface area contributed by atoms with Gasteiger partial charge in [0.25, 0.3) is 5.91 Å². The van der Waals surface area contributed by atoms with Crippen LogP contribution in [0.2, 0.25) is 0 Å². The Kier molecular flexibility index (Phi) is 3.13. The Hall–Kier alpha value is -2.57. The van der Waals surface area contributed by atoms with E-state index in [4.69, 9.17) is 4.74 Å². The fourth-order valence-corrected chi connectivity index (χ4v) is 1.41. The lowest BCUT2D eigenvalue weighted by molar-refractivity contribution is 0.102. The third-order valence-corrected chi connectivity index (χ3v) is 2.39. The molecule has 2 N–H and O–H groups in total. The van der Waals surface area contributed by atoms with Crippen LogP contribution in [-0.2, 0) is 7.05 Å². The predicted molar refractivity (Wildman–Crippen MR) is 63.6 cm³/mol. The minimum absolute atomic E-state index is 0.138. The lowest BCUT2D eigenvalue weighted by atomic mass is 10.2. The number of nitrogens with zero attached hydrogens (tertiary/aromatic N) is 3. The van der Waals surface area contributed by atoms with Gasteiger partial charge in [0, 0.05) is 13.1 Å². The Labute approximate surface area is 103 Å². The van der Waals surface area contributed by atoms with Crippen molar-refractivity contribution in [2.45, 2.75) is 0 Å². The quantitative estimate of drug-likeness (QED) is 0.837. The molecule has 1 heterocycles. The van der Waals surface area contributed by atoms with Crippen LogP contribution in [0.5, 0.6) is 11.5 Å². The lowest BCUT2D eigenvalue weighted by Gasteiger charge is -2.07. The monoisotopic (exact) mass is 248 g/mol. The first-order valence-corrected chi connectivity index (χ1v) is 5.14. The molecule has 0 fully saturated rings. The second-order valence-corrected chi connectivity index (χ2v) is 3.54. The highest BCUT2D eigenvalue weighted by atomic mass is 16.5. The first kappa shape index (κ1) is 11.9. The molecule has 1 aromatic carbocycles. The summed E-state index contributed by atoms with van der Waals surface area (Å²) in [6.07, 6.45) is 1.32. The molecule has 0 aliphatic heterocycles. The van der Waals surface area contributed by atoms with Gasteiger partial charge in [0.05, 0.1) is 12.7 Å². The van der Waals surface area contributed by atoms with E-state index in [2.05, 4.69) is 15.4 Å². The van der Waals surface area contributed by atoms with Gasteiger partial charge in [-0.05, 0) is 12.1 Å². The van der Waals surface area contributed by atoms with Crippen LogP contribution >= 0.6 is 0 Å². The maximum Gasteiger partial charge on any atom is 0.261 e. The summed E-state index contributed by atoms with van der Waals surface area (Å²) in [5, 5.41) is 16.1. The molecule has 0 unspecified atom stereocenters. The number of aromatic nitrogens is 3. The van der Waals surface area contributed by atoms with Crippen LogP contribution < -0.4 is 10.1 Å². The Balaban J connectivity index is 2.22. The number of ether oxygens (including phenoxy) is 1. The summed E-state index contributed by atoms with van der Waals surface area (Å²) in [6, 6.07) is 4.43. The Morgan fingerprint density at radius 3 is 2.83 bits per heavy atom. The number of nitrogens with one attached hydrogen (secondary N) is 1. The number of phenolic OH excluding ortho intramolecular Hbond substituents is 1. The molecule has 7 nitrogen and oxygen atoms in total. The number of hydrogen-bond acceptors (Lipinski definition) is 5. The van der Waals surface area contributed by atoms with Gasteiger partial charge in [-0.15, -0.1) is 0 Å². The smallest absolute Gasteiger partial charge is 0.261 e. The number of anilines is 1. The van der Waals surface area contributed by atoms with Crippen molar-refractivity contribution in [2.24, 2.45) is 7.05 Å². The number of rotatable bonds is 3. The molecule has 0 aliphatic rings. The molecule has 0 bridgehead atoms. The van der Waals surface area contributed by atoms with Crippen LogP contribution in [0.4, 0.5) is 5.95 Å². The molecular weight excluding hydrogens is 236 g/mol. The zero-order valence-electron chi connectivity index (χ0n) is 9.91. The van der Waals surface area contributed by atoms with Crippen molar-refractivity contribution in [3.8, 4) is 11.5 Å². The summed E-state index contributed by atoms with van der Waals surface area (Å²) < 4.78 is 6.35. The molecule has 0 radical (unpaired) electrons. The van der Waals surface area contributed by atoms with Crippen molar-refractivity contribution >= 4 is 11.9 Å². The first-order valence-electron chi connectivity index (χ1n) is 5.14. The average Bonchev–Trinajstić information content (AvgIpc) is 2.74. The van der Waals surface area contributed by atoms with Gasteiger partial charge in [-0.3, -0.25) is 10.1 Å². The molecule has 0 saturated heterocycles. The molecular formula is C11H12N4O3. The van der Waals surface area contributed by atoms with Gasteiger partial charge in [0.1, 0.15) is 17.8 Å². The van der Waals surface area contributed by atoms with Gasteiger partial charge < -0.3 is 9.84 Å². The zero-order chi connectivity index (χ0) is 13.1. The van der Waals surface area contributed by atoms with E-state index in [-0.39, 0.29) is 11.3 Å². The van der Waals surface area contributed by atoms with Crippen LogP contribution in [0.25, 0.3) is 0 Å². The van der Waals surface area contributed by atoms with Crippen LogP contribution in [0, 0.1) is 0 Å². The van der Waals surface area contributed by atoms with Crippen molar-refractivity contribution in [2.75, 3.05) is 12.4 Å². The van der Waals surface area contributed by atoms with Gasteiger partial charge in [-0.2, -0.15) is 10.1 Å². The summed E-state index contributed by atoms with van der Waals surface area (Å²) in [4.78, 5) is 15.7. The summed E-state index contributed by atoms with van der Waals surface area (Å²) >= 11 is 0. The molecule has 2 rings (SSSR count). The topological polar surface area (TPSA) is 89.3 Å². The normalized spacial score (nSPS) is 10.1.